The minimum Gasteiger partial charge on any atom is -0.444 e. The summed E-state index contributed by atoms with van der Waals surface area (Å²) in [5, 5.41) is 16.9. The number of benzene rings is 1. The van der Waals surface area contributed by atoms with E-state index in [2.05, 4.69) is 15.5 Å². The molecule has 0 saturated heterocycles. The van der Waals surface area contributed by atoms with Gasteiger partial charge >= 0.3 is 6.09 Å². The van der Waals surface area contributed by atoms with Crippen LogP contribution in [0.1, 0.15) is 46.0 Å². The smallest absolute Gasteiger partial charge is 0.407 e. The summed E-state index contributed by atoms with van der Waals surface area (Å²) in [6, 6.07) is 8.68. The summed E-state index contributed by atoms with van der Waals surface area (Å²) in [6.07, 6.45) is -1.21. The van der Waals surface area contributed by atoms with Crippen molar-refractivity contribution in [1.29, 1.82) is 0 Å². The molecular weight excluding hydrogens is 310 g/mol. The van der Waals surface area contributed by atoms with E-state index in [1.807, 2.05) is 37.3 Å². The first-order valence-corrected chi connectivity index (χ1v) is 7.86. The number of ether oxygens (including phenoxy) is 1. The van der Waals surface area contributed by atoms with E-state index in [9.17, 15) is 9.90 Å². The number of amides is 1. The first-order valence-electron chi connectivity index (χ1n) is 7.86. The number of hydrogen-bond donors (Lipinski definition) is 2. The minimum atomic E-state index is -1.09. The molecule has 0 radical (unpaired) electrons. The molecule has 2 aromatic rings. The van der Waals surface area contributed by atoms with Crippen LogP contribution in [0.2, 0.25) is 0 Å². The molecule has 0 aliphatic carbocycles. The van der Waals surface area contributed by atoms with E-state index in [4.69, 9.17) is 9.26 Å². The summed E-state index contributed by atoms with van der Waals surface area (Å²) in [5.41, 5.74) is 0.150. The van der Waals surface area contributed by atoms with Crippen molar-refractivity contribution >= 4 is 6.09 Å². The Morgan fingerprint density at radius 3 is 2.58 bits per heavy atom. The zero-order valence-electron chi connectivity index (χ0n) is 14.3. The lowest BCUT2D eigenvalue weighted by Crippen LogP contribution is -2.42. The van der Waals surface area contributed by atoms with Crippen LogP contribution in [0.15, 0.2) is 34.9 Å². The number of nitrogens with zero attached hydrogens (tertiary/aromatic N) is 2. The van der Waals surface area contributed by atoms with Crippen LogP contribution >= 0.6 is 0 Å². The number of rotatable bonds is 5. The minimum absolute atomic E-state index is 0.122. The molecule has 2 atom stereocenters. The van der Waals surface area contributed by atoms with Crippen molar-refractivity contribution in [3.8, 4) is 11.5 Å². The van der Waals surface area contributed by atoms with Gasteiger partial charge in [0.1, 0.15) is 11.7 Å². The molecule has 0 spiro atoms. The standard InChI is InChI=1S/C17H23N3O4/c1-5-12(18-16(22)23-17(2,3)4)13(21)14-19-15(24-20-14)11-9-7-6-8-10-11/h6-10,12-13,21H,5H2,1-4H3,(H,18,22)/t12-,13?/m0/s1. The van der Waals surface area contributed by atoms with Crippen LogP contribution in [0.4, 0.5) is 4.79 Å². The summed E-state index contributed by atoms with van der Waals surface area (Å²) < 4.78 is 10.4. The second-order valence-electron chi connectivity index (χ2n) is 6.43. The maximum absolute atomic E-state index is 11.9. The van der Waals surface area contributed by atoms with Crippen LogP contribution in [0.25, 0.3) is 11.5 Å². The average molecular weight is 333 g/mol. The Labute approximate surface area is 141 Å². The molecule has 1 unspecified atom stereocenters. The summed E-state index contributed by atoms with van der Waals surface area (Å²) in [7, 11) is 0. The fraction of sp³-hybridized carbons (Fsp3) is 0.471. The van der Waals surface area contributed by atoms with Crippen molar-refractivity contribution in [2.45, 2.75) is 51.9 Å². The van der Waals surface area contributed by atoms with Gasteiger partial charge in [-0.25, -0.2) is 4.79 Å². The quantitative estimate of drug-likeness (QED) is 0.872. The predicted octanol–water partition coefficient (Wildman–Crippen LogP) is 3.07. The summed E-state index contributed by atoms with van der Waals surface area (Å²) in [4.78, 5) is 16.1. The van der Waals surface area contributed by atoms with Crippen LogP contribution in [0, 0.1) is 0 Å². The highest BCUT2D eigenvalue weighted by atomic mass is 16.6. The third-order valence-corrected chi connectivity index (χ3v) is 3.25. The maximum Gasteiger partial charge on any atom is 0.407 e. The van der Waals surface area contributed by atoms with E-state index in [-0.39, 0.29) is 5.82 Å². The van der Waals surface area contributed by atoms with Gasteiger partial charge in [-0.05, 0) is 39.3 Å². The molecule has 130 valence electrons. The Bertz CT molecular complexity index is 664. The third kappa shape index (κ3) is 4.79. The van der Waals surface area contributed by atoms with Crippen LogP contribution in [-0.4, -0.2) is 33.0 Å². The average Bonchev–Trinajstić information content (AvgIpc) is 3.01. The predicted molar refractivity (Wildman–Crippen MR) is 88.1 cm³/mol. The lowest BCUT2D eigenvalue weighted by molar-refractivity contribution is 0.0406. The van der Waals surface area contributed by atoms with Crippen molar-refractivity contribution in [1.82, 2.24) is 15.5 Å². The van der Waals surface area contributed by atoms with Crippen molar-refractivity contribution < 1.29 is 19.2 Å². The monoisotopic (exact) mass is 333 g/mol. The lowest BCUT2D eigenvalue weighted by Gasteiger charge is -2.24. The van der Waals surface area contributed by atoms with Gasteiger partial charge in [-0.2, -0.15) is 4.98 Å². The van der Waals surface area contributed by atoms with Crippen LogP contribution in [0.3, 0.4) is 0 Å². The Morgan fingerprint density at radius 1 is 1.33 bits per heavy atom. The fourth-order valence-electron chi connectivity index (χ4n) is 2.10. The Balaban J connectivity index is 2.07. The lowest BCUT2D eigenvalue weighted by atomic mass is 10.1. The molecular formula is C17H23N3O4. The van der Waals surface area contributed by atoms with Gasteiger partial charge in [-0.1, -0.05) is 30.3 Å². The van der Waals surface area contributed by atoms with Gasteiger partial charge < -0.3 is 19.7 Å². The number of alkyl carbamates (subject to hydrolysis) is 1. The van der Waals surface area contributed by atoms with Crippen LogP contribution in [-0.2, 0) is 4.74 Å². The molecule has 1 aromatic carbocycles. The Morgan fingerprint density at radius 2 is 2.00 bits per heavy atom. The van der Waals surface area contributed by atoms with Gasteiger partial charge in [0.15, 0.2) is 0 Å². The Hall–Kier alpha value is -2.41. The molecule has 24 heavy (non-hydrogen) atoms. The van der Waals surface area contributed by atoms with Crippen molar-refractivity contribution in [2.75, 3.05) is 0 Å². The number of nitrogens with one attached hydrogen (secondary N) is 1. The largest absolute Gasteiger partial charge is 0.444 e. The molecule has 0 aliphatic heterocycles. The van der Waals surface area contributed by atoms with Crippen LogP contribution in [0.5, 0.6) is 0 Å². The molecule has 0 saturated carbocycles. The summed E-state index contributed by atoms with van der Waals surface area (Å²) in [6.45, 7) is 7.16. The first kappa shape index (κ1) is 17.9. The van der Waals surface area contributed by atoms with Gasteiger partial charge in [0, 0.05) is 5.56 Å². The second-order valence-corrected chi connectivity index (χ2v) is 6.43. The highest BCUT2D eigenvalue weighted by molar-refractivity contribution is 5.68. The molecule has 2 rings (SSSR count). The molecule has 0 fully saturated rings. The SMILES string of the molecule is CC[C@H](NC(=O)OC(C)(C)C)C(O)c1noc(-c2ccccc2)n1. The van der Waals surface area contributed by atoms with E-state index in [1.54, 1.807) is 20.8 Å². The van der Waals surface area contributed by atoms with Gasteiger partial charge in [0.25, 0.3) is 5.89 Å². The number of aliphatic hydroxyl groups excluding tert-OH is 1. The molecule has 2 N–H and O–H groups in total. The zero-order chi connectivity index (χ0) is 17.7. The number of carbonyl (C=O) groups excluding carboxylic acids is 1. The molecule has 0 aliphatic rings. The van der Waals surface area contributed by atoms with E-state index in [1.165, 1.54) is 0 Å². The molecule has 7 nitrogen and oxygen atoms in total. The zero-order valence-corrected chi connectivity index (χ0v) is 14.3. The van der Waals surface area contributed by atoms with Crippen molar-refractivity contribution in [3.63, 3.8) is 0 Å². The first-order chi connectivity index (χ1) is 11.3. The van der Waals surface area contributed by atoms with E-state index in [0.29, 0.717) is 12.3 Å². The van der Waals surface area contributed by atoms with Gasteiger partial charge in [-0.15, -0.1) is 0 Å². The van der Waals surface area contributed by atoms with E-state index < -0.39 is 23.8 Å². The molecule has 7 heteroatoms. The van der Waals surface area contributed by atoms with Crippen molar-refractivity contribution in [3.05, 3.63) is 36.2 Å². The number of aromatic nitrogens is 2. The summed E-state index contributed by atoms with van der Waals surface area (Å²) in [5.74, 6) is 0.438. The third-order valence-electron chi connectivity index (χ3n) is 3.25. The topological polar surface area (TPSA) is 97.5 Å². The number of hydrogen-bond acceptors (Lipinski definition) is 6. The molecule has 1 aromatic heterocycles. The highest BCUT2D eigenvalue weighted by Crippen LogP contribution is 2.22. The number of carbonyl (C=O) groups is 1. The second kappa shape index (κ2) is 7.44. The molecule has 0 bridgehead atoms. The van der Waals surface area contributed by atoms with Gasteiger partial charge in [0.05, 0.1) is 6.04 Å². The van der Waals surface area contributed by atoms with Crippen molar-refractivity contribution in [2.24, 2.45) is 0 Å². The normalized spacial score (nSPS) is 14.0. The number of aliphatic hydroxyl groups is 1. The van der Waals surface area contributed by atoms with Gasteiger partial charge in [-0.3, -0.25) is 0 Å². The Kier molecular flexibility index (Phi) is 5.56. The van der Waals surface area contributed by atoms with E-state index >= 15 is 0 Å². The molecule has 1 heterocycles. The fourth-order valence-corrected chi connectivity index (χ4v) is 2.10. The highest BCUT2D eigenvalue weighted by Gasteiger charge is 2.28. The summed E-state index contributed by atoms with van der Waals surface area (Å²) >= 11 is 0. The van der Waals surface area contributed by atoms with Crippen LogP contribution < -0.4 is 5.32 Å². The van der Waals surface area contributed by atoms with Gasteiger partial charge in [0.2, 0.25) is 5.82 Å². The van der Waals surface area contributed by atoms with E-state index in [0.717, 1.165) is 5.56 Å². The molecule has 1 amide bonds. The maximum atomic E-state index is 11.9.